The molecule has 2 amide bonds. The lowest BCUT2D eigenvalue weighted by Crippen LogP contribution is -2.63. The van der Waals surface area contributed by atoms with Crippen molar-refractivity contribution in [2.75, 3.05) is 19.6 Å². The van der Waals surface area contributed by atoms with E-state index in [0.717, 1.165) is 37.2 Å². The van der Waals surface area contributed by atoms with Gasteiger partial charge in [-0.3, -0.25) is 24.6 Å². The molecule has 0 bridgehead atoms. The second-order valence-corrected chi connectivity index (χ2v) is 12.5. The fraction of sp³-hybridized carbons (Fsp3) is 0.517. The molecular weight excluding hydrogens is 562 g/mol. The van der Waals surface area contributed by atoms with E-state index >= 15 is 0 Å². The largest absolute Gasteiger partial charge is 0.381 e. The van der Waals surface area contributed by atoms with Crippen molar-refractivity contribution < 1.29 is 28.0 Å². The first-order valence-corrected chi connectivity index (χ1v) is 15.7. The van der Waals surface area contributed by atoms with Crippen LogP contribution >= 0.6 is 0 Å². The number of carbonyl (C=O) groups excluding carboxylic acids is 2. The first-order valence-electron chi connectivity index (χ1n) is 14.3. The average Bonchev–Trinajstić information content (AvgIpc) is 2.93. The van der Waals surface area contributed by atoms with Crippen LogP contribution in [-0.2, 0) is 26.2 Å². The Balaban J connectivity index is 1.56. The van der Waals surface area contributed by atoms with Crippen LogP contribution in [0.4, 0.5) is 5.69 Å². The lowest BCUT2D eigenvalue weighted by Gasteiger charge is -2.46. The van der Waals surface area contributed by atoms with Crippen molar-refractivity contribution in [2.45, 2.75) is 82.1 Å². The zero-order valence-corrected chi connectivity index (χ0v) is 25.1. The van der Waals surface area contributed by atoms with E-state index in [-0.39, 0.29) is 23.0 Å². The molecule has 2 aromatic carbocycles. The monoisotopic (exact) mass is 603 g/mol. The third kappa shape index (κ3) is 9.05. The Bertz CT molecular complexity index is 1300. The molecule has 3 atom stereocenters. The molecule has 0 spiro atoms. The molecule has 1 heterocycles. The molecule has 1 aliphatic rings. The van der Waals surface area contributed by atoms with E-state index in [0.29, 0.717) is 32.5 Å². The summed E-state index contributed by atoms with van der Waals surface area (Å²) in [4.78, 5) is 40.3. The van der Waals surface area contributed by atoms with E-state index in [2.05, 4.69) is 27.1 Å². The van der Waals surface area contributed by atoms with Crippen LogP contribution < -0.4 is 10.0 Å². The van der Waals surface area contributed by atoms with Crippen LogP contribution in [-0.4, -0.2) is 83.9 Å². The van der Waals surface area contributed by atoms with Gasteiger partial charge in [0.2, 0.25) is 15.9 Å². The quantitative estimate of drug-likeness (QED) is 0.195. The first kappa shape index (κ1) is 33.1. The Hall–Kier alpha value is -3.39. The summed E-state index contributed by atoms with van der Waals surface area (Å²) in [5.74, 6) is -0.939. The number of nitrogens with one attached hydrogen (secondary N) is 2. The summed E-state index contributed by atoms with van der Waals surface area (Å²) < 4.78 is 27.8. The molecule has 42 heavy (non-hydrogen) atoms. The van der Waals surface area contributed by atoms with Gasteiger partial charge in [0.1, 0.15) is 0 Å². The van der Waals surface area contributed by atoms with Gasteiger partial charge in [0.25, 0.3) is 11.6 Å². The molecule has 1 fully saturated rings. The van der Waals surface area contributed by atoms with Crippen LogP contribution in [0.25, 0.3) is 0 Å². The molecule has 13 heteroatoms. The Morgan fingerprint density at radius 3 is 2.31 bits per heavy atom. The van der Waals surface area contributed by atoms with E-state index in [4.69, 9.17) is 0 Å². The predicted molar refractivity (Wildman–Crippen MR) is 158 cm³/mol. The molecule has 0 aliphatic carbocycles. The Morgan fingerprint density at radius 2 is 1.74 bits per heavy atom. The fourth-order valence-electron chi connectivity index (χ4n) is 5.05. The van der Waals surface area contributed by atoms with Crippen molar-refractivity contribution in [1.82, 2.24) is 19.8 Å². The first-order chi connectivity index (χ1) is 19.9. The summed E-state index contributed by atoms with van der Waals surface area (Å²) >= 11 is 0. The van der Waals surface area contributed by atoms with Crippen molar-refractivity contribution in [3.8, 4) is 0 Å². The van der Waals surface area contributed by atoms with Crippen LogP contribution in [0, 0.1) is 10.1 Å². The Labute approximate surface area is 247 Å². The number of nitrogens with zero attached hydrogens (tertiary/aromatic N) is 3. The summed E-state index contributed by atoms with van der Waals surface area (Å²) in [6.07, 6.45) is 0.0376. The van der Waals surface area contributed by atoms with E-state index in [1.54, 1.807) is 4.90 Å². The van der Waals surface area contributed by atoms with Gasteiger partial charge in [-0.25, -0.2) is 13.1 Å². The third-order valence-electron chi connectivity index (χ3n) is 7.16. The molecule has 230 valence electrons. The normalized spacial score (nSPS) is 16.2. The molecule has 0 saturated carbocycles. The van der Waals surface area contributed by atoms with Gasteiger partial charge in [0.05, 0.1) is 21.9 Å². The number of sulfonamides is 1. The van der Waals surface area contributed by atoms with Gasteiger partial charge in [0, 0.05) is 50.8 Å². The van der Waals surface area contributed by atoms with Gasteiger partial charge in [-0.2, -0.15) is 0 Å². The molecular formula is C29H41N5O7S. The summed E-state index contributed by atoms with van der Waals surface area (Å²) in [5, 5.41) is 24.6. The van der Waals surface area contributed by atoms with Gasteiger partial charge in [-0.15, -0.1) is 0 Å². The summed E-state index contributed by atoms with van der Waals surface area (Å²) in [5.41, 5.74) is 0.954. The average molecular weight is 604 g/mol. The highest BCUT2D eigenvalue weighted by Crippen LogP contribution is 2.21. The molecule has 12 nitrogen and oxygen atoms in total. The van der Waals surface area contributed by atoms with Crippen molar-refractivity contribution in [3.63, 3.8) is 0 Å². The number of aliphatic hydroxyl groups is 1. The molecule has 2 aromatic rings. The van der Waals surface area contributed by atoms with Crippen LogP contribution in [0.2, 0.25) is 0 Å². The standard InChI is InChI=1S/C29H41N5O7S/c1-4-9-26(30-27(35)17-21(3)31-42(40,41)25-14-12-23(13-15-25)34(38)39)28(36)29(37)33(16-5-2)24-19-32(20-24)18-22-10-7-6-8-11-22/h6-8,10-15,21,24,26,28,31,36H,4-5,9,16-20H2,1-3H3,(H,30,35)/t21?,26-,28-/m0/s1. The number of carbonyl (C=O) groups is 2. The second-order valence-electron chi connectivity index (χ2n) is 10.8. The van der Waals surface area contributed by atoms with E-state index in [1.807, 2.05) is 32.0 Å². The van der Waals surface area contributed by atoms with Gasteiger partial charge >= 0.3 is 0 Å². The van der Waals surface area contributed by atoms with Crippen LogP contribution in [0.15, 0.2) is 59.5 Å². The Kier molecular flexibility index (Phi) is 12.0. The second kappa shape index (κ2) is 15.2. The van der Waals surface area contributed by atoms with Gasteiger partial charge in [-0.1, -0.05) is 50.6 Å². The van der Waals surface area contributed by atoms with E-state index in [1.165, 1.54) is 12.5 Å². The number of rotatable bonds is 16. The Morgan fingerprint density at radius 1 is 1.10 bits per heavy atom. The number of nitro benzene ring substituents is 1. The number of hydrogen-bond acceptors (Lipinski definition) is 8. The number of non-ortho nitro benzene ring substituents is 1. The van der Waals surface area contributed by atoms with Crippen molar-refractivity contribution in [1.29, 1.82) is 0 Å². The van der Waals surface area contributed by atoms with E-state index < -0.39 is 44.9 Å². The number of likely N-dealkylation sites (tertiary alicyclic amines) is 1. The van der Waals surface area contributed by atoms with Crippen LogP contribution in [0.5, 0.6) is 0 Å². The maximum absolute atomic E-state index is 13.4. The summed E-state index contributed by atoms with van der Waals surface area (Å²) in [6, 6.07) is 12.8. The highest BCUT2D eigenvalue weighted by atomic mass is 32.2. The molecule has 3 N–H and O–H groups in total. The maximum atomic E-state index is 13.4. The zero-order valence-electron chi connectivity index (χ0n) is 24.3. The van der Waals surface area contributed by atoms with Crippen LogP contribution in [0.1, 0.15) is 52.0 Å². The SMILES string of the molecule is CCC[C@H](NC(=O)CC(C)NS(=O)(=O)c1ccc([N+](=O)[O-])cc1)[C@H](O)C(=O)N(CCC)C1CN(Cc2ccccc2)C1. The number of amides is 2. The molecule has 3 rings (SSSR count). The van der Waals surface area contributed by atoms with Crippen molar-refractivity contribution in [3.05, 3.63) is 70.3 Å². The minimum absolute atomic E-state index is 0.0253. The van der Waals surface area contributed by atoms with Crippen molar-refractivity contribution in [2.24, 2.45) is 0 Å². The molecule has 1 saturated heterocycles. The van der Waals surface area contributed by atoms with Gasteiger partial charge < -0.3 is 15.3 Å². The lowest BCUT2D eigenvalue weighted by molar-refractivity contribution is -0.384. The lowest BCUT2D eigenvalue weighted by atomic mass is 10.00. The van der Waals surface area contributed by atoms with Crippen molar-refractivity contribution >= 4 is 27.5 Å². The predicted octanol–water partition coefficient (Wildman–Crippen LogP) is 2.42. The molecule has 0 aromatic heterocycles. The molecule has 1 unspecified atom stereocenters. The number of nitro groups is 1. The van der Waals surface area contributed by atoms with Crippen LogP contribution in [0.3, 0.4) is 0 Å². The highest BCUT2D eigenvalue weighted by molar-refractivity contribution is 7.89. The minimum atomic E-state index is -4.03. The third-order valence-corrected chi connectivity index (χ3v) is 8.77. The molecule has 0 radical (unpaired) electrons. The number of aliphatic hydroxyl groups excluding tert-OH is 1. The number of hydrogen-bond donors (Lipinski definition) is 3. The smallest absolute Gasteiger partial charge is 0.269 e. The minimum Gasteiger partial charge on any atom is -0.381 e. The molecule has 1 aliphatic heterocycles. The summed E-state index contributed by atoms with van der Waals surface area (Å²) in [6.45, 7) is 8.05. The van der Waals surface area contributed by atoms with Gasteiger partial charge in [0.15, 0.2) is 6.10 Å². The maximum Gasteiger partial charge on any atom is 0.269 e. The summed E-state index contributed by atoms with van der Waals surface area (Å²) in [7, 11) is -4.03. The zero-order chi connectivity index (χ0) is 30.9. The fourth-order valence-corrected chi connectivity index (χ4v) is 6.29. The van der Waals surface area contributed by atoms with E-state index in [9.17, 15) is 33.2 Å². The topological polar surface area (TPSA) is 162 Å². The van der Waals surface area contributed by atoms with Gasteiger partial charge in [-0.05, 0) is 37.5 Å². The number of benzene rings is 2. The highest BCUT2D eigenvalue weighted by Gasteiger charge is 2.38.